The maximum absolute atomic E-state index is 14.4. The average Bonchev–Trinajstić information content (AvgIpc) is 2.46. The van der Waals surface area contributed by atoms with Crippen LogP contribution in [0.2, 0.25) is 0 Å². The molecule has 1 N–H and O–H groups in total. The fourth-order valence-corrected chi connectivity index (χ4v) is 2.23. The quantitative estimate of drug-likeness (QED) is 0.891. The molecule has 2 aromatic carbocycles. The second-order valence-corrected chi connectivity index (χ2v) is 4.76. The van der Waals surface area contributed by atoms with Crippen LogP contribution in [-0.4, -0.2) is 13.7 Å². The molecule has 20 heavy (non-hydrogen) atoms. The normalized spacial score (nSPS) is 10.6. The van der Waals surface area contributed by atoms with Gasteiger partial charge in [0.2, 0.25) is 0 Å². The van der Waals surface area contributed by atoms with E-state index in [1.165, 1.54) is 7.11 Å². The number of benzene rings is 2. The molecule has 2 nitrogen and oxygen atoms in total. The lowest BCUT2D eigenvalue weighted by Crippen LogP contribution is -2.12. The lowest BCUT2D eigenvalue weighted by atomic mass is 9.96. The number of rotatable bonds is 5. The summed E-state index contributed by atoms with van der Waals surface area (Å²) < 4.78 is 19.5. The molecule has 0 unspecified atom stereocenters. The monoisotopic (exact) mass is 273 g/mol. The minimum Gasteiger partial charge on any atom is -0.494 e. The molecule has 0 amide bonds. The highest BCUT2D eigenvalue weighted by Gasteiger charge is 2.13. The molecule has 0 atom stereocenters. The average molecular weight is 273 g/mol. The molecule has 0 saturated carbocycles. The Morgan fingerprint density at radius 2 is 1.95 bits per heavy atom. The predicted octanol–water partition coefficient (Wildman–Crippen LogP) is 3.92. The van der Waals surface area contributed by atoms with Crippen molar-refractivity contribution in [3.63, 3.8) is 0 Å². The first-order chi connectivity index (χ1) is 9.67. The van der Waals surface area contributed by atoms with Gasteiger partial charge in [0.15, 0.2) is 11.6 Å². The summed E-state index contributed by atoms with van der Waals surface area (Å²) in [7, 11) is 1.48. The predicted molar refractivity (Wildman–Crippen MR) is 80.5 cm³/mol. The van der Waals surface area contributed by atoms with Gasteiger partial charge in [-0.25, -0.2) is 4.39 Å². The second-order valence-electron chi connectivity index (χ2n) is 4.76. The van der Waals surface area contributed by atoms with E-state index in [-0.39, 0.29) is 11.6 Å². The Morgan fingerprint density at radius 3 is 2.65 bits per heavy atom. The largest absolute Gasteiger partial charge is 0.494 e. The van der Waals surface area contributed by atoms with Crippen LogP contribution in [0.25, 0.3) is 11.1 Å². The highest BCUT2D eigenvalue weighted by molar-refractivity contribution is 5.70. The van der Waals surface area contributed by atoms with Gasteiger partial charge in [-0.3, -0.25) is 0 Å². The molecule has 106 valence electrons. The van der Waals surface area contributed by atoms with Crippen LogP contribution in [-0.2, 0) is 6.54 Å². The summed E-state index contributed by atoms with van der Waals surface area (Å²) in [5.41, 5.74) is 3.70. The summed E-state index contributed by atoms with van der Waals surface area (Å²) in [6.45, 7) is 5.68. The van der Waals surface area contributed by atoms with Crippen molar-refractivity contribution in [3.05, 3.63) is 53.3 Å². The minimum atomic E-state index is -0.307. The maximum Gasteiger partial charge on any atom is 0.172 e. The van der Waals surface area contributed by atoms with Crippen LogP contribution in [0.4, 0.5) is 4.39 Å². The number of nitrogens with one attached hydrogen (secondary N) is 1. The van der Waals surface area contributed by atoms with Crippen molar-refractivity contribution in [3.8, 4) is 16.9 Å². The molecule has 0 fully saturated rings. The molecule has 0 bridgehead atoms. The van der Waals surface area contributed by atoms with Crippen molar-refractivity contribution in [1.29, 1.82) is 0 Å². The Labute approximate surface area is 119 Å². The molecule has 0 aliphatic carbocycles. The van der Waals surface area contributed by atoms with E-state index in [2.05, 4.69) is 12.2 Å². The van der Waals surface area contributed by atoms with Gasteiger partial charge in [-0.15, -0.1) is 0 Å². The zero-order valence-electron chi connectivity index (χ0n) is 12.2. The van der Waals surface area contributed by atoms with E-state index in [0.29, 0.717) is 5.56 Å². The Bertz CT molecular complexity index is 596. The van der Waals surface area contributed by atoms with E-state index in [9.17, 15) is 4.39 Å². The van der Waals surface area contributed by atoms with Gasteiger partial charge in [-0.05, 0) is 30.7 Å². The highest BCUT2D eigenvalue weighted by Crippen LogP contribution is 2.31. The van der Waals surface area contributed by atoms with Crippen LogP contribution >= 0.6 is 0 Å². The summed E-state index contributed by atoms with van der Waals surface area (Å²) in [6.07, 6.45) is 0. The van der Waals surface area contributed by atoms with Gasteiger partial charge in [0.25, 0.3) is 0 Å². The Kier molecular flexibility index (Phi) is 4.74. The Hall–Kier alpha value is -1.87. The molecular formula is C17H20FNO. The molecule has 3 heteroatoms. The summed E-state index contributed by atoms with van der Waals surface area (Å²) in [5, 5.41) is 3.29. The Morgan fingerprint density at radius 1 is 1.15 bits per heavy atom. The van der Waals surface area contributed by atoms with Gasteiger partial charge in [-0.2, -0.15) is 0 Å². The number of hydrogen-bond acceptors (Lipinski definition) is 2. The van der Waals surface area contributed by atoms with Crippen molar-refractivity contribution >= 4 is 0 Å². The SMILES string of the molecule is CCNCc1ccc(C)cc1-c1cccc(OC)c1F. The number of hydrogen-bond donors (Lipinski definition) is 1. The first-order valence-electron chi connectivity index (χ1n) is 6.80. The third kappa shape index (κ3) is 2.99. The third-order valence-electron chi connectivity index (χ3n) is 3.30. The van der Waals surface area contributed by atoms with Crippen LogP contribution in [0, 0.1) is 12.7 Å². The van der Waals surface area contributed by atoms with Crippen LogP contribution in [0.5, 0.6) is 5.75 Å². The molecule has 0 saturated heterocycles. The van der Waals surface area contributed by atoms with E-state index < -0.39 is 0 Å². The molecule has 0 radical (unpaired) electrons. The standard InChI is InChI=1S/C17H20FNO/c1-4-19-11-13-9-8-12(2)10-15(13)14-6-5-7-16(20-3)17(14)18/h5-10,19H,4,11H2,1-3H3. The molecule has 0 aromatic heterocycles. The van der Waals surface area contributed by atoms with Crippen LogP contribution in [0.3, 0.4) is 0 Å². The third-order valence-corrected chi connectivity index (χ3v) is 3.30. The first kappa shape index (κ1) is 14.5. The Balaban J connectivity index is 2.53. The first-order valence-corrected chi connectivity index (χ1v) is 6.80. The van der Waals surface area contributed by atoms with Gasteiger partial charge in [0, 0.05) is 12.1 Å². The molecule has 2 aromatic rings. The van der Waals surface area contributed by atoms with Crippen molar-refractivity contribution in [2.45, 2.75) is 20.4 Å². The van der Waals surface area contributed by atoms with Gasteiger partial charge >= 0.3 is 0 Å². The number of ether oxygens (including phenoxy) is 1. The van der Waals surface area contributed by atoms with Crippen molar-refractivity contribution in [1.82, 2.24) is 5.32 Å². The van der Waals surface area contributed by atoms with E-state index in [0.717, 1.165) is 29.8 Å². The van der Waals surface area contributed by atoms with E-state index in [4.69, 9.17) is 4.74 Å². The van der Waals surface area contributed by atoms with Crippen LogP contribution in [0.1, 0.15) is 18.1 Å². The smallest absolute Gasteiger partial charge is 0.172 e. The summed E-state index contributed by atoms with van der Waals surface area (Å²) in [4.78, 5) is 0. The lowest BCUT2D eigenvalue weighted by Gasteiger charge is -2.13. The molecule has 0 spiro atoms. The summed E-state index contributed by atoms with van der Waals surface area (Å²) >= 11 is 0. The van der Waals surface area contributed by atoms with Gasteiger partial charge in [0.05, 0.1) is 7.11 Å². The van der Waals surface area contributed by atoms with Crippen molar-refractivity contribution in [2.75, 3.05) is 13.7 Å². The molecule has 0 aliphatic rings. The number of methoxy groups -OCH3 is 1. The summed E-state index contributed by atoms with van der Waals surface area (Å²) in [6, 6.07) is 11.4. The zero-order valence-corrected chi connectivity index (χ0v) is 12.2. The second kappa shape index (κ2) is 6.53. The minimum absolute atomic E-state index is 0.276. The molecular weight excluding hydrogens is 253 g/mol. The molecule has 0 heterocycles. The van der Waals surface area contributed by atoms with Crippen molar-refractivity contribution < 1.29 is 9.13 Å². The number of halogens is 1. The topological polar surface area (TPSA) is 21.3 Å². The fourth-order valence-electron chi connectivity index (χ4n) is 2.23. The van der Waals surface area contributed by atoms with E-state index in [1.54, 1.807) is 12.1 Å². The molecule has 0 aliphatic heterocycles. The van der Waals surface area contributed by atoms with Gasteiger partial charge in [-0.1, -0.05) is 42.8 Å². The fraction of sp³-hybridized carbons (Fsp3) is 0.294. The van der Waals surface area contributed by atoms with E-state index in [1.807, 2.05) is 31.2 Å². The zero-order chi connectivity index (χ0) is 14.5. The molecule has 2 rings (SSSR count). The number of aryl methyl sites for hydroxylation is 1. The van der Waals surface area contributed by atoms with Gasteiger partial charge in [0.1, 0.15) is 0 Å². The lowest BCUT2D eigenvalue weighted by molar-refractivity contribution is 0.387. The maximum atomic E-state index is 14.4. The van der Waals surface area contributed by atoms with Crippen molar-refractivity contribution in [2.24, 2.45) is 0 Å². The summed E-state index contributed by atoms with van der Waals surface area (Å²) in [5.74, 6) is -0.0308. The van der Waals surface area contributed by atoms with Crippen LogP contribution in [0.15, 0.2) is 36.4 Å². The van der Waals surface area contributed by atoms with E-state index >= 15 is 0 Å². The van der Waals surface area contributed by atoms with Crippen LogP contribution < -0.4 is 10.1 Å². The highest BCUT2D eigenvalue weighted by atomic mass is 19.1. The van der Waals surface area contributed by atoms with Gasteiger partial charge < -0.3 is 10.1 Å².